The van der Waals surface area contributed by atoms with E-state index in [9.17, 15) is 14.9 Å². The van der Waals surface area contributed by atoms with Gasteiger partial charge in [-0.15, -0.1) is 0 Å². The lowest BCUT2D eigenvalue weighted by Gasteiger charge is -2.36. The Hall–Kier alpha value is -3.53. The van der Waals surface area contributed by atoms with Crippen molar-refractivity contribution in [3.63, 3.8) is 0 Å². The lowest BCUT2D eigenvalue weighted by molar-refractivity contribution is -0.384. The van der Waals surface area contributed by atoms with Gasteiger partial charge in [0.2, 0.25) is 5.91 Å². The minimum atomic E-state index is -0.429. The normalized spacial score (nSPS) is 13.9. The number of nitro benzene ring substituents is 1. The first-order valence-corrected chi connectivity index (χ1v) is 11.4. The van der Waals surface area contributed by atoms with Crippen LogP contribution >= 0.6 is 11.6 Å². The average molecular weight is 484 g/mol. The summed E-state index contributed by atoms with van der Waals surface area (Å²) in [4.78, 5) is 36.8. The summed E-state index contributed by atoms with van der Waals surface area (Å²) in [7, 11) is 0. The fraction of sp³-hybridized carbons (Fsp3) is 0.391. The molecule has 0 spiro atoms. The number of piperazine rings is 1. The minimum absolute atomic E-state index is 0.00246. The van der Waals surface area contributed by atoms with Crippen molar-refractivity contribution in [2.75, 3.05) is 31.1 Å². The van der Waals surface area contributed by atoms with Gasteiger partial charge in [-0.2, -0.15) is 5.10 Å². The molecule has 1 amide bonds. The number of carbonyl (C=O) groups excluding carboxylic acids is 1. The summed E-state index contributed by atoms with van der Waals surface area (Å²) in [5, 5.41) is 16.3. The highest BCUT2D eigenvalue weighted by atomic mass is 35.5. The average Bonchev–Trinajstić information content (AvgIpc) is 3.07. The minimum Gasteiger partial charge on any atom is -0.362 e. The van der Waals surface area contributed by atoms with E-state index < -0.39 is 4.92 Å². The molecule has 1 aliphatic heterocycles. The van der Waals surface area contributed by atoms with Crippen LogP contribution in [-0.4, -0.2) is 61.7 Å². The SMILES string of the molecule is Cc1cc(C)nc(-n2nc(C)c(CC(=O)N3CCN(c4ccc(Cl)cc4[N+](=O)[O-])CC3)c2C)n1. The number of rotatable bonds is 5. The van der Waals surface area contributed by atoms with Crippen LogP contribution in [0.3, 0.4) is 0 Å². The number of carbonyl (C=O) groups is 1. The number of hydrogen-bond acceptors (Lipinski definition) is 7. The van der Waals surface area contributed by atoms with E-state index in [2.05, 4.69) is 15.1 Å². The number of hydrogen-bond donors (Lipinski definition) is 0. The maximum Gasteiger partial charge on any atom is 0.294 e. The summed E-state index contributed by atoms with van der Waals surface area (Å²) in [5.41, 5.74) is 4.67. The Kier molecular flexibility index (Phi) is 6.52. The van der Waals surface area contributed by atoms with Gasteiger partial charge in [-0.25, -0.2) is 14.6 Å². The molecule has 0 atom stereocenters. The summed E-state index contributed by atoms with van der Waals surface area (Å²) in [6.07, 6.45) is 0.226. The van der Waals surface area contributed by atoms with Gasteiger partial charge in [0.1, 0.15) is 5.69 Å². The van der Waals surface area contributed by atoms with E-state index in [-0.39, 0.29) is 18.0 Å². The fourth-order valence-corrected chi connectivity index (χ4v) is 4.46. The molecule has 0 radical (unpaired) electrons. The zero-order chi connectivity index (χ0) is 24.6. The van der Waals surface area contributed by atoms with Crippen LogP contribution in [0.4, 0.5) is 11.4 Å². The molecule has 4 rings (SSSR count). The molecule has 3 aromatic rings. The van der Waals surface area contributed by atoms with E-state index in [1.54, 1.807) is 21.7 Å². The van der Waals surface area contributed by atoms with E-state index in [0.29, 0.717) is 42.8 Å². The molecule has 0 saturated carbocycles. The van der Waals surface area contributed by atoms with Crippen LogP contribution in [0.1, 0.15) is 28.3 Å². The van der Waals surface area contributed by atoms with Crippen LogP contribution in [0, 0.1) is 37.8 Å². The van der Waals surface area contributed by atoms with Gasteiger partial charge in [0, 0.05) is 59.9 Å². The van der Waals surface area contributed by atoms with Crippen LogP contribution in [-0.2, 0) is 11.2 Å². The topological polar surface area (TPSA) is 110 Å². The third-order valence-electron chi connectivity index (χ3n) is 6.04. The number of anilines is 1. The van der Waals surface area contributed by atoms with E-state index in [0.717, 1.165) is 28.3 Å². The number of amides is 1. The first-order chi connectivity index (χ1) is 16.1. The second-order valence-electron chi connectivity index (χ2n) is 8.45. The molecule has 2 aromatic heterocycles. The van der Waals surface area contributed by atoms with E-state index in [1.807, 2.05) is 38.7 Å². The number of benzene rings is 1. The number of aryl methyl sites for hydroxylation is 3. The van der Waals surface area contributed by atoms with Crippen LogP contribution in [0.15, 0.2) is 24.3 Å². The van der Waals surface area contributed by atoms with E-state index in [4.69, 9.17) is 11.6 Å². The largest absolute Gasteiger partial charge is 0.362 e. The lowest BCUT2D eigenvalue weighted by atomic mass is 10.1. The van der Waals surface area contributed by atoms with E-state index in [1.165, 1.54) is 6.07 Å². The molecule has 1 aliphatic rings. The molecule has 0 bridgehead atoms. The highest BCUT2D eigenvalue weighted by Gasteiger charge is 2.27. The third kappa shape index (κ3) is 4.72. The predicted octanol–water partition coefficient (Wildman–Crippen LogP) is 3.35. The van der Waals surface area contributed by atoms with Gasteiger partial charge >= 0.3 is 0 Å². The first kappa shape index (κ1) is 23.6. The Morgan fingerprint density at radius 2 is 1.71 bits per heavy atom. The molecule has 11 heteroatoms. The van der Waals surface area contributed by atoms with Crippen molar-refractivity contribution in [2.24, 2.45) is 0 Å². The summed E-state index contributed by atoms with van der Waals surface area (Å²) < 4.78 is 1.69. The van der Waals surface area contributed by atoms with Gasteiger partial charge in [0.15, 0.2) is 0 Å². The lowest BCUT2D eigenvalue weighted by Crippen LogP contribution is -2.49. The molecular formula is C23H26ClN7O3. The Balaban J connectivity index is 1.46. The Labute approximate surface area is 202 Å². The van der Waals surface area contributed by atoms with Gasteiger partial charge in [-0.05, 0) is 45.9 Å². The maximum absolute atomic E-state index is 13.1. The van der Waals surface area contributed by atoms with Crippen molar-refractivity contribution < 1.29 is 9.72 Å². The number of halogens is 1. The third-order valence-corrected chi connectivity index (χ3v) is 6.27. The first-order valence-electron chi connectivity index (χ1n) is 11.0. The molecule has 10 nitrogen and oxygen atoms in total. The predicted molar refractivity (Wildman–Crippen MR) is 129 cm³/mol. The summed E-state index contributed by atoms with van der Waals surface area (Å²) in [6, 6.07) is 6.56. The van der Waals surface area contributed by atoms with Crippen molar-refractivity contribution >= 4 is 28.9 Å². The number of nitro groups is 1. The zero-order valence-electron chi connectivity index (χ0n) is 19.6. The van der Waals surface area contributed by atoms with Gasteiger partial charge in [-0.1, -0.05) is 11.6 Å². The van der Waals surface area contributed by atoms with Crippen LogP contribution < -0.4 is 4.90 Å². The van der Waals surface area contributed by atoms with Crippen molar-refractivity contribution in [2.45, 2.75) is 34.1 Å². The smallest absolute Gasteiger partial charge is 0.294 e. The van der Waals surface area contributed by atoms with Crippen molar-refractivity contribution in [3.8, 4) is 5.95 Å². The van der Waals surface area contributed by atoms with Crippen LogP contribution in [0.25, 0.3) is 5.95 Å². The summed E-state index contributed by atoms with van der Waals surface area (Å²) in [5.74, 6) is 0.493. The maximum atomic E-state index is 13.1. The molecular weight excluding hydrogens is 458 g/mol. The Morgan fingerprint density at radius 1 is 1.06 bits per heavy atom. The molecule has 34 heavy (non-hydrogen) atoms. The molecule has 0 aliphatic carbocycles. The monoisotopic (exact) mass is 483 g/mol. The van der Waals surface area contributed by atoms with Gasteiger partial charge in [0.25, 0.3) is 11.6 Å². The molecule has 0 unspecified atom stereocenters. The molecule has 1 fully saturated rings. The molecule has 3 heterocycles. The number of nitrogens with zero attached hydrogens (tertiary/aromatic N) is 7. The number of aromatic nitrogens is 4. The highest BCUT2D eigenvalue weighted by Crippen LogP contribution is 2.31. The van der Waals surface area contributed by atoms with Crippen LogP contribution in [0.2, 0.25) is 5.02 Å². The van der Waals surface area contributed by atoms with Gasteiger partial charge in [-0.3, -0.25) is 14.9 Å². The summed E-state index contributed by atoms with van der Waals surface area (Å²) in [6.45, 7) is 9.58. The van der Waals surface area contributed by atoms with Crippen molar-refractivity contribution in [1.29, 1.82) is 0 Å². The van der Waals surface area contributed by atoms with E-state index >= 15 is 0 Å². The standard InChI is InChI=1S/C23H26ClN7O3/c1-14-11-15(2)26-23(25-14)30-17(4)19(16(3)27-30)13-22(32)29-9-7-28(8-10-29)20-6-5-18(24)12-21(20)31(33)34/h5-6,11-12H,7-10,13H2,1-4H3. The Morgan fingerprint density at radius 3 is 2.32 bits per heavy atom. The van der Waals surface area contributed by atoms with Crippen molar-refractivity contribution in [3.05, 3.63) is 67.7 Å². The van der Waals surface area contributed by atoms with Crippen molar-refractivity contribution in [1.82, 2.24) is 24.6 Å². The van der Waals surface area contributed by atoms with Gasteiger partial charge in [0.05, 0.1) is 17.0 Å². The Bertz CT molecular complexity index is 1250. The second-order valence-corrected chi connectivity index (χ2v) is 8.88. The highest BCUT2D eigenvalue weighted by molar-refractivity contribution is 6.30. The van der Waals surface area contributed by atoms with Gasteiger partial charge < -0.3 is 9.80 Å². The fourth-order valence-electron chi connectivity index (χ4n) is 4.30. The molecule has 178 valence electrons. The molecule has 0 N–H and O–H groups in total. The molecule has 1 aromatic carbocycles. The molecule has 1 saturated heterocycles. The summed E-state index contributed by atoms with van der Waals surface area (Å²) >= 11 is 5.93. The van der Waals surface area contributed by atoms with Crippen LogP contribution in [0.5, 0.6) is 0 Å². The zero-order valence-corrected chi connectivity index (χ0v) is 20.3. The quantitative estimate of drug-likeness (QED) is 0.404. The second kappa shape index (κ2) is 9.38.